The van der Waals surface area contributed by atoms with Crippen LogP contribution in [-0.4, -0.2) is 6.04 Å². The van der Waals surface area contributed by atoms with Crippen molar-refractivity contribution in [3.8, 4) is 5.75 Å². The first kappa shape index (κ1) is 16.3. The van der Waals surface area contributed by atoms with E-state index >= 15 is 0 Å². The number of halogens is 1. The summed E-state index contributed by atoms with van der Waals surface area (Å²) in [6.45, 7) is 4.81. The molecule has 0 saturated carbocycles. The second-order valence-electron chi connectivity index (χ2n) is 5.40. The lowest BCUT2D eigenvalue weighted by Crippen LogP contribution is -2.21. The van der Waals surface area contributed by atoms with E-state index in [0.29, 0.717) is 6.61 Å². The van der Waals surface area contributed by atoms with Crippen LogP contribution in [-0.2, 0) is 13.0 Å². The van der Waals surface area contributed by atoms with Crippen molar-refractivity contribution < 1.29 is 4.74 Å². The number of benzene rings is 2. The highest BCUT2D eigenvalue weighted by molar-refractivity contribution is 14.1. The molecule has 0 heterocycles. The second kappa shape index (κ2) is 7.80. The molecule has 112 valence electrons. The summed E-state index contributed by atoms with van der Waals surface area (Å²) in [7, 11) is 0. The molecule has 2 aromatic carbocycles. The van der Waals surface area contributed by atoms with E-state index in [9.17, 15) is 0 Å². The predicted octanol–water partition coefficient (Wildman–Crippen LogP) is 4.46. The molecule has 0 aliphatic carbocycles. The molecule has 0 fully saturated rings. The Morgan fingerprint density at radius 1 is 1.14 bits per heavy atom. The minimum atomic E-state index is 0.187. The molecule has 2 rings (SSSR count). The van der Waals surface area contributed by atoms with Crippen LogP contribution in [0.2, 0.25) is 0 Å². The van der Waals surface area contributed by atoms with Crippen LogP contribution in [0.5, 0.6) is 5.75 Å². The Balaban J connectivity index is 2.09. The van der Waals surface area contributed by atoms with Gasteiger partial charge in [0.15, 0.2) is 0 Å². The molecule has 0 bridgehead atoms. The lowest BCUT2D eigenvalue weighted by Gasteiger charge is -2.15. The van der Waals surface area contributed by atoms with Gasteiger partial charge in [-0.2, -0.15) is 0 Å². The monoisotopic (exact) mass is 395 g/mol. The van der Waals surface area contributed by atoms with Crippen LogP contribution >= 0.6 is 22.6 Å². The molecule has 2 aromatic rings. The Morgan fingerprint density at radius 2 is 1.86 bits per heavy atom. The van der Waals surface area contributed by atoms with Crippen LogP contribution in [0.1, 0.15) is 30.0 Å². The second-order valence-corrected chi connectivity index (χ2v) is 6.64. The minimum absolute atomic E-state index is 0.187. The molecular weight excluding hydrogens is 373 g/mol. The highest BCUT2D eigenvalue weighted by Crippen LogP contribution is 2.23. The summed E-state index contributed by atoms with van der Waals surface area (Å²) in [6, 6.07) is 14.9. The summed E-state index contributed by atoms with van der Waals surface area (Å²) in [5.74, 6) is 0.947. The minimum Gasteiger partial charge on any atom is -0.489 e. The molecule has 0 saturated heterocycles. The quantitative estimate of drug-likeness (QED) is 0.734. The summed E-state index contributed by atoms with van der Waals surface area (Å²) in [5, 5.41) is 0. The van der Waals surface area contributed by atoms with Crippen molar-refractivity contribution in [1.29, 1.82) is 0 Å². The zero-order valence-electron chi connectivity index (χ0n) is 12.6. The normalized spacial score (nSPS) is 12.2. The zero-order chi connectivity index (χ0) is 15.2. The largest absolute Gasteiger partial charge is 0.489 e. The van der Waals surface area contributed by atoms with E-state index in [1.54, 1.807) is 0 Å². The van der Waals surface area contributed by atoms with Crippen LogP contribution in [0.25, 0.3) is 0 Å². The maximum absolute atomic E-state index is 6.09. The molecule has 21 heavy (non-hydrogen) atoms. The average Bonchev–Trinajstić information content (AvgIpc) is 2.48. The fourth-order valence-corrected chi connectivity index (χ4v) is 2.54. The molecule has 0 aromatic heterocycles. The molecule has 0 radical (unpaired) electrons. The van der Waals surface area contributed by atoms with Crippen LogP contribution < -0.4 is 10.5 Å². The number of hydrogen-bond donors (Lipinski definition) is 1. The molecular formula is C18H22INO. The summed E-state index contributed by atoms with van der Waals surface area (Å²) >= 11 is 2.31. The van der Waals surface area contributed by atoms with Gasteiger partial charge in [-0.15, -0.1) is 0 Å². The van der Waals surface area contributed by atoms with Gasteiger partial charge >= 0.3 is 0 Å². The summed E-state index contributed by atoms with van der Waals surface area (Å²) in [6.07, 6.45) is 1.84. The number of hydrogen-bond acceptors (Lipinski definition) is 2. The van der Waals surface area contributed by atoms with E-state index in [4.69, 9.17) is 10.5 Å². The predicted molar refractivity (Wildman–Crippen MR) is 96.6 cm³/mol. The van der Waals surface area contributed by atoms with Crippen LogP contribution in [0.15, 0.2) is 42.5 Å². The maximum atomic E-state index is 6.09. The van der Waals surface area contributed by atoms with Gasteiger partial charge in [0.1, 0.15) is 12.4 Å². The van der Waals surface area contributed by atoms with Crippen LogP contribution in [0.3, 0.4) is 0 Å². The van der Waals surface area contributed by atoms with Gasteiger partial charge in [0.2, 0.25) is 0 Å². The number of ether oxygens (including phenoxy) is 1. The molecule has 0 aliphatic heterocycles. The van der Waals surface area contributed by atoms with Gasteiger partial charge in [-0.25, -0.2) is 0 Å². The van der Waals surface area contributed by atoms with Gasteiger partial charge in [0.05, 0.1) is 0 Å². The van der Waals surface area contributed by atoms with Gasteiger partial charge in [0, 0.05) is 9.61 Å². The Labute approximate surface area is 140 Å². The lowest BCUT2D eigenvalue weighted by atomic mass is 10.0. The number of aryl methyl sites for hydroxylation is 1. The van der Waals surface area contributed by atoms with Crippen molar-refractivity contribution in [3.05, 3.63) is 62.7 Å². The third kappa shape index (κ3) is 5.00. The third-order valence-electron chi connectivity index (χ3n) is 3.53. The van der Waals surface area contributed by atoms with Crippen LogP contribution in [0.4, 0.5) is 0 Å². The van der Waals surface area contributed by atoms with Crippen molar-refractivity contribution in [2.45, 2.75) is 39.3 Å². The van der Waals surface area contributed by atoms with E-state index in [0.717, 1.165) is 18.6 Å². The topological polar surface area (TPSA) is 35.2 Å². The zero-order valence-corrected chi connectivity index (χ0v) is 14.8. The van der Waals surface area contributed by atoms with Gasteiger partial charge < -0.3 is 10.5 Å². The Bertz CT molecular complexity index is 580. The van der Waals surface area contributed by atoms with Crippen LogP contribution in [0, 0.1) is 10.5 Å². The molecule has 1 atom stereocenters. The third-order valence-corrected chi connectivity index (χ3v) is 4.25. The molecule has 0 aliphatic rings. The standard InChI is InChI=1S/C18H22INO/c1-3-17(20)11-15-10-13(2)4-9-18(15)21-12-14-5-7-16(19)8-6-14/h4-10,17H,3,11-12,20H2,1-2H3. The van der Waals surface area contributed by atoms with Gasteiger partial charge in [-0.3, -0.25) is 0 Å². The maximum Gasteiger partial charge on any atom is 0.123 e. The highest BCUT2D eigenvalue weighted by atomic mass is 127. The summed E-state index contributed by atoms with van der Waals surface area (Å²) in [5.41, 5.74) is 9.72. The fraction of sp³-hybridized carbons (Fsp3) is 0.333. The van der Waals surface area contributed by atoms with Crippen molar-refractivity contribution >= 4 is 22.6 Å². The summed E-state index contributed by atoms with van der Waals surface area (Å²) in [4.78, 5) is 0. The smallest absolute Gasteiger partial charge is 0.123 e. The average molecular weight is 395 g/mol. The van der Waals surface area contributed by atoms with Crippen molar-refractivity contribution in [2.75, 3.05) is 0 Å². The molecule has 1 unspecified atom stereocenters. The number of rotatable bonds is 6. The Hall–Kier alpha value is -1.07. The Morgan fingerprint density at radius 3 is 2.52 bits per heavy atom. The lowest BCUT2D eigenvalue weighted by molar-refractivity contribution is 0.302. The highest BCUT2D eigenvalue weighted by Gasteiger charge is 2.08. The molecule has 2 N–H and O–H groups in total. The van der Waals surface area contributed by atoms with E-state index in [1.807, 2.05) is 0 Å². The van der Waals surface area contributed by atoms with Crippen molar-refractivity contribution in [1.82, 2.24) is 0 Å². The van der Waals surface area contributed by atoms with Gasteiger partial charge in [0.25, 0.3) is 0 Å². The van der Waals surface area contributed by atoms with E-state index in [2.05, 4.69) is 78.9 Å². The van der Waals surface area contributed by atoms with E-state index < -0.39 is 0 Å². The first-order valence-corrected chi connectivity index (χ1v) is 8.38. The molecule has 0 amide bonds. The van der Waals surface area contributed by atoms with Crippen molar-refractivity contribution in [2.24, 2.45) is 5.73 Å². The fourth-order valence-electron chi connectivity index (χ4n) is 2.18. The molecule has 0 spiro atoms. The Kier molecular flexibility index (Phi) is 6.06. The first-order valence-electron chi connectivity index (χ1n) is 7.31. The SMILES string of the molecule is CCC(N)Cc1cc(C)ccc1OCc1ccc(I)cc1. The van der Waals surface area contributed by atoms with E-state index in [1.165, 1.54) is 20.3 Å². The van der Waals surface area contributed by atoms with Gasteiger partial charge in [-0.1, -0.05) is 36.8 Å². The molecule has 2 nitrogen and oxygen atoms in total. The molecule has 3 heteroatoms. The van der Waals surface area contributed by atoms with E-state index in [-0.39, 0.29) is 6.04 Å². The van der Waals surface area contributed by atoms with Gasteiger partial charge in [-0.05, 0) is 71.7 Å². The number of nitrogens with two attached hydrogens (primary N) is 1. The van der Waals surface area contributed by atoms with Crippen molar-refractivity contribution in [3.63, 3.8) is 0 Å². The first-order chi connectivity index (χ1) is 10.1. The summed E-state index contributed by atoms with van der Waals surface area (Å²) < 4.78 is 7.24.